The van der Waals surface area contributed by atoms with Crippen molar-refractivity contribution >= 4 is 11.9 Å². The number of amides is 3. The first-order chi connectivity index (χ1) is 11.4. The highest BCUT2D eigenvalue weighted by molar-refractivity contribution is 5.87. The summed E-state index contributed by atoms with van der Waals surface area (Å²) >= 11 is 0. The van der Waals surface area contributed by atoms with Gasteiger partial charge in [-0.2, -0.15) is 5.10 Å². The van der Waals surface area contributed by atoms with E-state index in [1.165, 1.54) is 4.90 Å². The van der Waals surface area contributed by atoms with Crippen LogP contribution in [0.5, 0.6) is 0 Å². The van der Waals surface area contributed by atoms with Gasteiger partial charge in [-0.05, 0) is 26.7 Å². The molecule has 0 bridgehead atoms. The standard InChI is InChI=1S/C16H27N5O3/c1-11-13(12(2)19(3)18-11)10-20(8-9-24-4)15(22)14-6-5-7-21(14)16(17)23/h14H,5-10H2,1-4H3,(H2,17,23)/t14-/m0/s1. The molecule has 1 atom stereocenters. The molecule has 2 N–H and O–H groups in total. The van der Waals surface area contributed by atoms with Crippen molar-refractivity contribution in [3.8, 4) is 0 Å². The highest BCUT2D eigenvalue weighted by Crippen LogP contribution is 2.21. The maximum Gasteiger partial charge on any atom is 0.315 e. The van der Waals surface area contributed by atoms with Gasteiger partial charge in [-0.25, -0.2) is 4.79 Å². The van der Waals surface area contributed by atoms with Gasteiger partial charge < -0.3 is 20.3 Å². The molecule has 1 saturated heterocycles. The van der Waals surface area contributed by atoms with Crippen molar-refractivity contribution in [1.29, 1.82) is 0 Å². The average Bonchev–Trinajstić information content (AvgIpc) is 3.11. The van der Waals surface area contributed by atoms with Crippen LogP contribution in [0.4, 0.5) is 4.79 Å². The molecule has 1 fully saturated rings. The first-order valence-electron chi connectivity index (χ1n) is 8.19. The topological polar surface area (TPSA) is 93.7 Å². The Balaban J connectivity index is 2.21. The zero-order valence-electron chi connectivity index (χ0n) is 14.9. The van der Waals surface area contributed by atoms with E-state index in [0.29, 0.717) is 32.7 Å². The molecule has 1 aliphatic heterocycles. The van der Waals surface area contributed by atoms with Crippen LogP contribution in [0.15, 0.2) is 0 Å². The monoisotopic (exact) mass is 337 g/mol. The fraction of sp³-hybridized carbons (Fsp3) is 0.688. The number of hydrogen-bond acceptors (Lipinski definition) is 4. The summed E-state index contributed by atoms with van der Waals surface area (Å²) in [5, 5.41) is 4.41. The smallest absolute Gasteiger partial charge is 0.315 e. The van der Waals surface area contributed by atoms with Crippen LogP contribution in [0.1, 0.15) is 29.8 Å². The van der Waals surface area contributed by atoms with Crippen molar-refractivity contribution in [2.24, 2.45) is 12.8 Å². The van der Waals surface area contributed by atoms with Crippen LogP contribution in [0.2, 0.25) is 0 Å². The summed E-state index contributed by atoms with van der Waals surface area (Å²) in [5.74, 6) is -0.0778. The fourth-order valence-electron chi connectivity index (χ4n) is 3.20. The lowest BCUT2D eigenvalue weighted by atomic mass is 10.1. The van der Waals surface area contributed by atoms with Crippen LogP contribution in [-0.4, -0.2) is 64.4 Å². The van der Waals surface area contributed by atoms with Crippen LogP contribution in [0, 0.1) is 13.8 Å². The maximum atomic E-state index is 13.0. The molecule has 1 aromatic rings. The molecule has 0 aliphatic carbocycles. The van der Waals surface area contributed by atoms with Gasteiger partial charge >= 0.3 is 6.03 Å². The highest BCUT2D eigenvalue weighted by atomic mass is 16.5. The summed E-state index contributed by atoms with van der Waals surface area (Å²) in [7, 11) is 3.49. The van der Waals surface area contributed by atoms with Gasteiger partial charge in [0.05, 0.1) is 12.3 Å². The van der Waals surface area contributed by atoms with E-state index in [-0.39, 0.29) is 5.91 Å². The van der Waals surface area contributed by atoms with E-state index in [0.717, 1.165) is 23.4 Å². The lowest BCUT2D eigenvalue weighted by Gasteiger charge is -2.29. The van der Waals surface area contributed by atoms with Crippen molar-refractivity contribution in [3.63, 3.8) is 0 Å². The number of aromatic nitrogens is 2. The van der Waals surface area contributed by atoms with E-state index in [2.05, 4.69) is 5.10 Å². The van der Waals surface area contributed by atoms with Crippen LogP contribution < -0.4 is 5.73 Å². The second kappa shape index (κ2) is 7.65. The van der Waals surface area contributed by atoms with E-state index in [1.807, 2.05) is 25.6 Å². The molecule has 1 aromatic heterocycles. The molecule has 0 spiro atoms. The first-order valence-corrected chi connectivity index (χ1v) is 8.19. The summed E-state index contributed by atoms with van der Waals surface area (Å²) in [6, 6.07) is -1.01. The third-order valence-corrected chi connectivity index (χ3v) is 4.71. The number of hydrogen-bond donors (Lipinski definition) is 1. The third-order valence-electron chi connectivity index (χ3n) is 4.71. The van der Waals surface area contributed by atoms with Gasteiger partial charge in [0.1, 0.15) is 6.04 Å². The molecular weight excluding hydrogens is 310 g/mol. The molecule has 1 aliphatic rings. The molecule has 0 aromatic carbocycles. The van der Waals surface area contributed by atoms with Crippen LogP contribution in [0.25, 0.3) is 0 Å². The van der Waals surface area contributed by atoms with Gasteiger partial charge in [0.2, 0.25) is 5.91 Å². The number of primary amides is 1. The lowest BCUT2D eigenvalue weighted by Crippen LogP contribution is -2.49. The highest BCUT2D eigenvalue weighted by Gasteiger charge is 2.36. The number of likely N-dealkylation sites (tertiary alicyclic amines) is 1. The normalized spacial score (nSPS) is 17.3. The largest absolute Gasteiger partial charge is 0.383 e. The first kappa shape index (κ1) is 18.3. The van der Waals surface area contributed by atoms with Crippen molar-refractivity contribution in [2.75, 3.05) is 26.8 Å². The molecule has 2 heterocycles. The van der Waals surface area contributed by atoms with Crippen LogP contribution in [-0.2, 0) is 23.1 Å². The summed E-state index contributed by atoms with van der Waals surface area (Å²) in [6.45, 7) is 5.82. The molecular formula is C16H27N5O3. The molecule has 3 amide bonds. The Hall–Kier alpha value is -2.09. The quantitative estimate of drug-likeness (QED) is 0.820. The minimum absolute atomic E-state index is 0.0778. The van der Waals surface area contributed by atoms with Crippen LogP contribution in [0.3, 0.4) is 0 Å². The Morgan fingerprint density at radius 1 is 1.42 bits per heavy atom. The number of aryl methyl sites for hydroxylation is 2. The summed E-state index contributed by atoms with van der Waals surface area (Å²) in [5.41, 5.74) is 8.38. The maximum absolute atomic E-state index is 13.0. The number of carbonyl (C=O) groups is 2. The Bertz CT molecular complexity index is 613. The molecule has 0 unspecified atom stereocenters. The van der Waals surface area contributed by atoms with E-state index < -0.39 is 12.1 Å². The fourth-order valence-corrected chi connectivity index (χ4v) is 3.20. The predicted molar refractivity (Wildman–Crippen MR) is 89.3 cm³/mol. The van der Waals surface area contributed by atoms with Crippen molar-refractivity contribution in [1.82, 2.24) is 19.6 Å². The van der Waals surface area contributed by atoms with Gasteiger partial charge in [0, 0.05) is 45.0 Å². The predicted octanol–water partition coefficient (Wildman–Crippen LogP) is 0.555. The minimum atomic E-state index is -0.536. The number of methoxy groups -OCH3 is 1. The zero-order valence-corrected chi connectivity index (χ0v) is 14.9. The van der Waals surface area contributed by atoms with Crippen LogP contribution >= 0.6 is 0 Å². The Morgan fingerprint density at radius 2 is 2.12 bits per heavy atom. The van der Waals surface area contributed by atoms with Gasteiger partial charge in [0.25, 0.3) is 0 Å². The zero-order chi connectivity index (χ0) is 17.9. The molecule has 0 saturated carbocycles. The summed E-state index contributed by atoms with van der Waals surface area (Å²) in [4.78, 5) is 27.8. The number of rotatable bonds is 6. The number of urea groups is 1. The number of carbonyl (C=O) groups excluding carboxylic acids is 2. The second-order valence-corrected chi connectivity index (χ2v) is 6.22. The molecule has 8 nitrogen and oxygen atoms in total. The third kappa shape index (κ3) is 3.69. The van der Waals surface area contributed by atoms with Gasteiger partial charge in [0.15, 0.2) is 0 Å². The van der Waals surface area contributed by atoms with Gasteiger partial charge in [-0.15, -0.1) is 0 Å². The summed E-state index contributed by atoms with van der Waals surface area (Å²) in [6.07, 6.45) is 1.44. The molecule has 0 radical (unpaired) electrons. The number of nitrogens with zero attached hydrogens (tertiary/aromatic N) is 4. The molecule has 8 heteroatoms. The summed E-state index contributed by atoms with van der Waals surface area (Å²) < 4.78 is 6.96. The number of ether oxygens (including phenoxy) is 1. The Kier molecular flexibility index (Phi) is 5.82. The minimum Gasteiger partial charge on any atom is -0.383 e. The van der Waals surface area contributed by atoms with Crippen molar-refractivity contribution in [3.05, 3.63) is 17.0 Å². The molecule has 134 valence electrons. The Morgan fingerprint density at radius 3 is 2.67 bits per heavy atom. The second-order valence-electron chi connectivity index (χ2n) is 6.22. The van der Waals surface area contributed by atoms with Gasteiger partial charge in [-0.3, -0.25) is 9.48 Å². The van der Waals surface area contributed by atoms with E-state index in [1.54, 1.807) is 12.0 Å². The molecule has 2 rings (SSSR count). The van der Waals surface area contributed by atoms with Crippen molar-refractivity contribution < 1.29 is 14.3 Å². The average molecular weight is 337 g/mol. The lowest BCUT2D eigenvalue weighted by molar-refractivity contribution is -0.136. The molecule has 24 heavy (non-hydrogen) atoms. The van der Waals surface area contributed by atoms with Crippen molar-refractivity contribution in [2.45, 2.75) is 39.3 Å². The Labute approximate surface area is 142 Å². The number of nitrogens with two attached hydrogens (primary N) is 1. The van der Waals surface area contributed by atoms with Gasteiger partial charge in [-0.1, -0.05) is 0 Å². The van der Waals surface area contributed by atoms with E-state index >= 15 is 0 Å². The van der Waals surface area contributed by atoms with E-state index in [9.17, 15) is 9.59 Å². The SMILES string of the molecule is COCCN(Cc1c(C)nn(C)c1C)C(=O)[C@@H]1CCCN1C(N)=O. The van der Waals surface area contributed by atoms with E-state index in [4.69, 9.17) is 10.5 Å².